The SMILES string of the molecule is C/C1=C\CC[C@@]2(C)O[C@@H]2C[C@@H]2[C@H](C/C(C)=C/CC1)OC(=O)C21CCN=N1. The number of carbonyl (C=O) groups excluding carboxylic acids is 1. The van der Waals surface area contributed by atoms with E-state index < -0.39 is 5.54 Å². The summed E-state index contributed by atoms with van der Waals surface area (Å²) in [7, 11) is 0. The molecule has 3 aliphatic heterocycles. The van der Waals surface area contributed by atoms with Crippen molar-refractivity contribution in [3.8, 4) is 0 Å². The highest BCUT2D eigenvalue weighted by molar-refractivity contribution is 5.84. The molecular weight excluding hydrogens is 328 g/mol. The van der Waals surface area contributed by atoms with Gasteiger partial charge in [-0.1, -0.05) is 23.3 Å². The van der Waals surface area contributed by atoms with Gasteiger partial charge in [-0.15, -0.1) is 0 Å². The highest BCUT2D eigenvalue weighted by atomic mass is 16.6. The van der Waals surface area contributed by atoms with Crippen LogP contribution in [0.1, 0.15) is 65.7 Å². The average Bonchev–Trinajstić information content (AvgIpc) is 2.94. The standard InChI is InChI=1S/C21H30N2O3/c1-14-6-4-7-15(2)12-17-16(13-18-20(3,26-18)9-5-8-14)21(19(24)25-17)10-11-22-23-21/h7-8,16-18H,4-6,9-13H2,1-3H3/b14-8+,15-7+/t16-,17+,18-,20-,21?/m1/s1. The third kappa shape index (κ3) is 3.15. The molecule has 3 heterocycles. The van der Waals surface area contributed by atoms with Crippen LogP contribution in [0.3, 0.4) is 0 Å². The maximum absolute atomic E-state index is 12.7. The number of allylic oxidation sites excluding steroid dienone is 3. The Morgan fingerprint density at radius 3 is 2.73 bits per heavy atom. The van der Waals surface area contributed by atoms with Gasteiger partial charge in [-0.2, -0.15) is 10.2 Å². The third-order valence-electron chi connectivity index (χ3n) is 6.71. The fourth-order valence-electron chi connectivity index (χ4n) is 4.85. The van der Waals surface area contributed by atoms with Gasteiger partial charge in [0.1, 0.15) is 6.10 Å². The summed E-state index contributed by atoms with van der Waals surface area (Å²) in [5, 5.41) is 8.57. The topological polar surface area (TPSA) is 63.5 Å². The Balaban J connectivity index is 1.60. The van der Waals surface area contributed by atoms with Gasteiger partial charge in [-0.25, -0.2) is 4.79 Å². The van der Waals surface area contributed by atoms with Crippen LogP contribution in [0.2, 0.25) is 0 Å². The van der Waals surface area contributed by atoms with Gasteiger partial charge in [0.05, 0.1) is 18.2 Å². The molecule has 0 amide bonds. The van der Waals surface area contributed by atoms with E-state index in [-0.39, 0.29) is 29.7 Å². The first kappa shape index (κ1) is 17.9. The van der Waals surface area contributed by atoms with E-state index in [0.29, 0.717) is 13.0 Å². The van der Waals surface area contributed by atoms with Crippen molar-refractivity contribution < 1.29 is 14.3 Å². The molecule has 26 heavy (non-hydrogen) atoms. The van der Waals surface area contributed by atoms with Crippen LogP contribution in [-0.2, 0) is 14.3 Å². The number of hydrogen-bond acceptors (Lipinski definition) is 5. The fourth-order valence-corrected chi connectivity index (χ4v) is 4.85. The minimum atomic E-state index is -0.759. The zero-order valence-corrected chi connectivity index (χ0v) is 16.2. The Morgan fingerprint density at radius 1 is 1.15 bits per heavy atom. The van der Waals surface area contributed by atoms with Crippen molar-refractivity contribution in [3.05, 3.63) is 23.3 Å². The van der Waals surface area contributed by atoms with Crippen LogP contribution in [0.25, 0.3) is 0 Å². The van der Waals surface area contributed by atoms with E-state index >= 15 is 0 Å². The summed E-state index contributed by atoms with van der Waals surface area (Å²) in [6, 6.07) is 0. The Hall–Kier alpha value is -1.49. The molecule has 5 nitrogen and oxygen atoms in total. The fraction of sp³-hybridized carbons (Fsp3) is 0.762. The molecule has 5 heteroatoms. The summed E-state index contributed by atoms with van der Waals surface area (Å²) < 4.78 is 12.0. The molecule has 0 aromatic rings. The molecule has 0 N–H and O–H groups in total. The molecule has 0 aromatic heterocycles. The Kier molecular flexibility index (Phi) is 4.54. The molecule has 1 unspecified atom stereocenters. The highest BCUT2D eigenvalue weighted by Crippen LogP contribution is 2.51. The molecule has 0 bridgehead atoms. The maximum Gasteiger partial charge on any atom is 0.336 e. The summed E-state index contributed by atoms with van der Waals surface area (Å²) in [6.07, 6.45) is 11.3. The van der Waals surface area contributed by atoms with E-state index in [2.05, 4.69) is 43.2 Å². The number of ether oxygens (including phenoxy) is 2. The number of carbonyl (C=O) groups is 1. The molecule has 4 aliphatic rings. The Morgan fingerprint density at radius 2 is 1.96 bits per heavy atom. The first-order valence-corrected chi connectivity index (χ1v) is 10.0. The summed E-state index contributed by atoms with van der Waals surface area (Å²) in [4.78, 5) is 12.7. The second kappa shape index (κ2) is 6.59. The normalized spacial score (nSPS) is 47.2. The van der Waals surface area contributed by atoms with Crippen molar-refractivity contribution in [3.63, 3.8) is 0 Å². The third-order valence-corrected chi connectivity index (χ3v) is 6.71. The van der Waals surface area contributed by atoms with Crippen LogP contribution in [0, 0.1) is 5.92 Å². The van der Waals surface area contributed by atoms with Gasteiger partial charge in [-0.05, 0) is 52.9 Å². The zero-order valence-electron chi connectivity index (χ0n) is 16.2. The van der Waals surface area contributed by atoms with E-state index in [1.807, 2.05) is 0 Å². The van der Waals surface area contributed by atoms with E-state index in [1.54, 1.807) is 0 Å². The lowest BCUT2D eigenvalue weighted by molar-refractivity contribution is -0.145. The number of rotatable bonds is 0. The number of epoxide rings is 1. The summed E-state index contributed by atoms with van der Waals surface area (Å²) in [6.45, 7) is 7.19. The predicted octanol–water partition coefficient (Wildman–Crippen LogP) is 4.53. The van der Waals surface area contributed by atoms with Crippen molar-refractivity contribution in [1.29, 1.82) is 0 Å². The largest absolute Gasteiger partial charge is 0.460 e. The van der Waals surface area contributed by atoms with Crippen LogP contribution in [0.15, 0.2) is 33.5 Å². The molecule has 1 aliphatic carbocycles. The molecule has 0 aromatic carbocycles. The molecule has 142 valence electrons. The van der Waals surface area contributed by atoms with Crippen molar-refractivity contribution in [2.45, 2.75) is 89.1 Å². The quantitative estimate of drug-likeness (QED) is 0.363. The van der Waals surface area contributed by atoms with E-state index in [1.165, 1.54) is 11.1 Å². The van der Waals surface area contributed by atoms with Crippen molar-refractivity contribution >= 4 is 5.97 Å². The minimum absolute atomic E-state index is 0.0663. The van der Waals surface area contributed by atoms with Crippen LogP contribution < -0.4 is 0 Å². The van der Waals surface area contributed by atoms with Crippen molar-refractivity contribution in [1.82, 2.24) is 0 Å². The Labute approximate surface area is 155 Å². The summed E-state index contributed by atoms with van der Waals surface area (Å²) in [5.74, 6) is -0.109. The lowest BCUT2D eigenvalue weighted by Crippen LogP contribution is -2.40. The van der Waals surface area contributed by atoms with Crippen LogP contribution in [0.4, 0.5) is 0 Å². The first-order chi connectivity index (χ1) is 12.4. The van der Waals surface area contributed by atoms with Gasteiger partial charge in [0.2, 0.25) is 0 Å². The predicted molar refractivity (Wildman–Crippen MR) is 98.9 cm³/mol. The number of fused-ring (bicyclic) bond motifs is 3. The summed E-state index contributed by atoms with van der Waals surface area (Å²) >= 11 is 0. The van der Waals surface area contributed by atoms with Gasteiger partial charge in [0, 0.05) is 18.8 Å². The maximum atomic E-state index is 12.7. The zero-order chi connectivity index (χ0) is 18.4. The van der Waals surface area contributed by atoms with E-state index in [9.17, 15) is 4.79 Å². The number of esters is 1. The number of hydrogen-bond donors (Lipinski definition) is 0. The van der Waals surface area contributed by atoms with E-state index in [4.69, 9.17) is 9.47 Å². The van der Waals surface area contributed by atoms with Gasteiger partial charge in [0.15, 0.2) is 5.54 Å². The Bertz CT molecular complexity index is 683. The van der Waals surface area contributed by atoms with Crippen LogP contribution >= 0.6 is 0 Å². The molecule has 4 rings (SSSR count). The molecule has 2 saturated heterocycles. The van der Waals surface area contributed by atoms with Gasteiger partial charge >= 0.3 is 5.97 Å². The molecule has 2 fully saturated rings. The van der Waals surface area contributed by atoms with Gasteiger partial charge < -0.3 is 9.47 Å². The summed E-state index contributed by atoms with van der Waals surface area (Å²) in [5.41, 5.74) is 1.91. The second-order valence-electron chi connectivity index (χ2n) is 8.73. The van der Waals surface area contributed by atoms with Crippen molar-refractivity contribution in [2.75, 3.05) is 6.54 Å². The van der Waals surface area contributed by atoms with Crippen LogP contribution in [-0.4, -0.2) is 35.9 Å². The lowest BCUT2D eigenvalue weighted by Gasteiger charge is -2.25. The van der Waals surface area contributed by atoms with Gasteiger partial charge in [-0.3, -0.25) is 0 Å². The molecular formula is C21H30N2O3. The molecule has 0 radical (unpaired) electrons. The van der Waals surface area contributed by atoms with Crippen LogP contribution in [0.5, 0.6) is 0 Å². The second-order valence-corrected chi connectivity index (χ2v) is 8.73. The number of azo groups is 1. The molecule has 0 saturated carbocycles. The van der Waals surface area contributed by atoms with Crippen molar-refractivity contribution in [2.24, 2.45) is 16.1 Å². The highest BCUT2D eigenvalue weighted by Gasteiger charge is 2.63. The monoisotopic (exact) mass is 358 g/mol. The van der Waals surface area contributed by atoms with Gasteiger partial charge in [0.25, 0.3) is 0 Å². The lowest BCUT2D eigenvalue weighted by atomic mass is 9.76. The first-order valence-electron chi connectivity index (χ1n) is 10.0. The average molecular weight is 358 g/mol. The van der Waals surface area contributed by atoms with E-state index in [0.717, 1.165) is 38.5 Å². The minimum Gasteiger partial charge on any atom is -0.460 e. The smallest absolute Gasteiger partial charge is 0.336 e. The number of nitrogens with zero attached hydrogens (tertiary/aromatic N) is 2. The molecule has 1 spiro atoms. The molecule has 5 atom stereocenters.